The highest BCUT2D eigenvalue weighted by Gasteiger charge is 2.22. The predicted octanol–water partition coefficient (Wildman–Crippen LogP) is 5.41. The monoisotopic (exact) mass is 469 g/mol. The van der Waals surface area contributed by atoms with Crippen LogP contribution in [0.15, 0.2) is 67.3 Å². The van der Waals surface area contributed by atoms with Crippen LogP contribution < -0.4 is 5.73 Å². The van der Waals surface area contributed by atoms with Gasteiger partial charge in [-0.1, -0.05) is 29.8 Å². The van der Waals surface area contributed by atoms with Crippen LogP contribution in [0, 0.1) is 17.1 Å². The molecule has 0 saturated carbocycles. The summed E-state index contributed by atoms with van der Waals surface area (Å²) in [5, 5.41) is 15.1. The topological polar surface area (TPSA) is 106 Å². The molecule has 0 saturated heterocycles. The number of nitrogens with zero attached hydrogens (tertiary/aromatic N) is 6. The van der Waals surface area contributed by atoms with Gasteiger partial charge in [-0.15, -0.1) is 0 Å². The van der Waals surface area contributed by atoms with Gasteiger partial charge in [-0.25, -0.2) is 19.0 Å². The van der Waals surface area contributed by atoms with E-state index in [1.807, 2.05) is 13.0 Å². The van der Waals surface area contributed by atoms with Gasteiger partial charge in [-0.05, 0) is 42.8 Å². The van der Waals surface area contributed by atoms with Crippen molar-refractivity contribution in [2.24, 2.45) is 0 Å². The van der Waals surface area contributed by atoms with E-state index in [1.165, 1.54) is 12.4 Å². The van der Waals surface area contributed by atoms with Crippen molar-refractivity contribution in [3.05, 3.63) is 89.2 Å². The van der Waals surface area contributed by atoms with Crippen LogP contribution in [0.5, 0.6) is 0 Å². The Bertz CT molecular complexity index is 1590. The molecular formula is C25H17ClFN7. The summed E-state index contributed by atoms with van der Waals surface area (Å²) in [5.41, 5.74) is 10.2. The summed E-state index contributed by atoms with van der Waals surface area (Å²) in [6, 6.07) is 15.2. The number of rotatable bonds is 4. The van der Waals surface area contributed by atoms with Gasteiger partial charge in [0, 0.05) is 34.1 Å². The molecule has 2 N–H and O–H groups in total. The summed E-state index contributed by atoms with van der Waals surface area (Å²) in [7, 11) is 0. The average Bonchev–Trinajstić information content (AvgIpc) is 3.24. The fourth-order valence-electron chi connectivity index (χ4n) is 3.93. The van der Waals surface area contributed by atoms with Crippen molar-refractivity contribution < 1.29 is 4.39 Å². The molecular weight excluding hydrogens is 453 g/mol. The third-order valence-corrected chi connectivity index (χ3v) is 5.83. The fraction of sp³-hybridized carbons (Fsp3) is 0.0800. The van der Waals surface area contributed by atoms with E-state index in [2.05, 4.69) is 21.0 Å². The number of fused-ring (bicyclic) bond motifs is 1. The quantitative estimate of drug-likeness (QED) is 0.377. The Labute approximate surface area is 199 Å². The second kappa shape index (κ2) is 8.54. The van der Waals surface area contributed by atoms with Crippen molar-refractivity contribution in [3.63, 3.8) is 0 Å². The number of hydrogen-bond donors (Lipinski definition) is 1. The van der Waals surface area contributed by atoms with Crippen LogP contribution in [0.3, 0.4) is 0 Å². The highest BCUT2D eigenvalue weighted by molar-refractivity contribution is 6.31. The molecule has 166 valence electrons. The molecule has 3 heterocycles. The zero-order valence-electron chi connectivity index (χ0n) is 17.9. The van der Waals surface area contributed by atoms with Gasteiger partial charge < -0.3 is 5.73 Å². The van der Waals surface area contributed by atoms with Crippen molar-refractivity contribution in [1.29, 1.82) is 5.26 Å². The Balaban J connectivity index is 1.67. The maximum Gasteiger partial charge on any atom is 0.164 e. The van der Waals surface area contributed by atoms with Gasteiger partial charge in [0.2, 0.25) is 0 Å². The minimum absolute atomic E-state index is 0.259. The lowest BCUT2D eigenvalue weighted by Gasteiger charge is -2.14. The lowest BCUT2D eigenvalue weighted by Crippen LogP contribution is -2.10. The average molecular weight is 470 g/mol. The van der Waals surface area contributed by atoms with Crippen LogP contribution in [0.1, 0.15) is 24.1 Å². The summed E-state index contributed by atoms with van der Waals surface area (Å²) < 4.78 is 16.1. The maximum absolute atomic E-state index is 14.4. The molecule has 0 fully saturated rings. The molecule has 34 heavy (non-hydrogen) atoms. The molecule has 0 aliphatic rings. The normalized spacial score (nSPS) is 11.9. The van der Waals surface area contributed by atoms with Crippen LogP contribution in [0.25, 0.3) is 33.4 Å². The van der Waals surface area contributed by atoms with Gasteiger partial charge in [0.05, 0.1) is 23.1 Å². The van der Waals surface area contributed by atoms with E-state index in [0.29, 0.717) is 44.0 Å². The largest absolute Gasteiger partial charge is 0.383 e. The molecule has 9 heteroatoms. The molecule has 0 spiro atoms. The zero-order valence-corrected chi connectivity index (χ0v) is 18.7. The number of nitriles is 1. The van der Waals surface area contributed by atoms with Crippen molar-refractivity contribution in [2.45, 2.75) is 13.0 Å². The second-order valence-corrected chi connectivity index (χ2v) is 8.19. The fourth-order valence-corrected chi connectivity index (χ4v) is 4.16. The minimum Gasteiger partial charge on any atom is -0.383 e. The number of anilines is 1. The molecule has 1 unspecified atom stereocenters. The van der Waals surface area contributed by atoms with Crippen molar-refractivity contribution in [3.8, 4) is 28.5 Å². The summed E-state index contributed by atoms with van der Waals surface area (Å²) in [4.78, 5) is 12.9. The lowest BCUT2D eigenvalue weighted by atomic mass is 10.0. The van der Waals surface area contributed by atoms with E-state index in [-0.39, 0.29) is 17.7 Å². The van der Waals surface area contributed by atoms with Crippen molar-refractivity contribution >= 4 is 28.5 Å². The zero-order chi connectivity index (χ0) is 23.8. The summed E-state index contributed by atoms with van der Waals surface area (Å²) >= 11 is 6.24. The molecule has 3 aromatic heterocycles. The lowest BCUT2D eigenvalue weighted by molar-refractivity contribution is 0.579. The van der Waals surface area contributed by atoms with E-state index >= 15 is 0 Å². The Morgan fingerprint density at radius 3 is 2.71 bits per heavy atom. The summed E-state index contributed by atoms with van der Waals surface area (Å²) in [6.07, 6.45) is 4.70. The maximum atomic E-state index is 14.4. The van der Waals surface area contributed by atoms with Gasteiger partial charge in [0.1, 0.15) is 23.7 Å². The van der Waals surface area contributed by atoms with Gasteiger partial charge in [-0.2, -0.15) is 10.4 Å². The molecule has 5 rings (SSSR count). The highest BCUT2D eigenvalue weighted by atomic mass is 35.5. The number of benzene rings is 2. The minimum atomic E-state index is -0.323. The number of nitrogen functional groups attached to an aromatic ring is 1. The van der Waals surface area contributed by atoms with Crippen LogP contribution in [0.4, 0.5) is 10.2 Å². The van der Waals surface area contributed by atoms with E-state index in [4.69, 9.17) is 22.4 Å². The Morgan fingerprint density at radius 2 is 1.91 bits per heavy atom. The van der Waals surface area contributed by atoms with Gasteiger partial charge in [0.15, 0.2) is 5.65 Å². The van der Waals surface area contributed by atoms with E-state index in [9.17, 15) is 9.65 Å². The number of aromatic nitrogens is 5. The van der Waals surface area contributed by atoms with Gasteiger partial charge in [0.25, 0.3) is 0 Å². The molecule has 0 amide bonds. The first-order valence-electron chi connectivity index (χ1n) is 10.4. The standard InChI is InChI=1S/C25H17ClFN7/c1-14(17-8-18(12-30-11-17)20-4-2-3-5-21(20)27)34-25-22(24(29)31-13-32-25)23(33-34)16-6-15(10-28)7-19(26)9-16/h2-9,11-14H,1H3,(H2,29,31,32). The first-order valence-corrected chi connectivity index (χ1v) is 10.7. The molecule has 0 bridgehead atoms. The van der Waals surface area contributed by atoms with Gasteiger partial charge >= 0.3 is 0 Å². The van der Waals surface area contributed by atoms with Gasteiger partial charge in [-0.3, -0.25) is 4.98 Å². The highest BCUT2D eigenvalue weighted by Crippen LogP contribution is 2.35. The summed E-state index contributed by atoms with van der Waals surface area (Å²) in [5.74, 6) is -0.0640. The van der Waals surface area contributed by atoms with Crippen LogP contribution in [-0.4, -0.2) is 24.7 Å². The number of nitrogens with two attached hydrogens (primary N) is 1. The Hall–Kier alpha value is -4.35. The van der Waals surface area contributed by atoms with Crippen molar-refractivity contribution in [2.75, 3.05) is 5.73 Å². The molecule has 2 aromatic carbocycles. The molecule has 1 atom stereocenters. The second-order valence-electron chi connectivity index (χ2n) is 7.75. The third kappa shape index (κ3) is 3.72. The number of pyridine rings is 1. The van der Waals surface area contributed by atoms with E-state index in [1.54, 1.807) is 53.5 Å². The Morgan fingerprint density at radius 1 is 1.09 bits per heavy atom. The molecule has 5 aromatic rings. The molecule has 0 radical (unpaired) electrons. The smallest absolute Gasteiger partial charge is 0.164 e. The predicted molar refractivity (Wildman–Crippen MR) is 128 cm³/mol. The molecule has 0 aliphatic heterocycles. The SMILES string of the molecule is CC(c1cncc(-c2ccccc2F)c1)n1nc(-c2cc(Cl)cc(C#N)c2)c2c(N)ncnc21. The summed E-state index contributed by atoms with van der Waals surface area (Å²) in [6.45, 7) is 1.94. The number of hydrogen-bond acceptors (Lipinski definition) is 6. The van der Waals surface area contributed by atoms with E-state index in [0.717, 1.165) is 5.56 Å². The number of halogens is 2. The third-order valence-electron chi connectivity index (χ3n) is 5.61. The van der Waals surface area contributed by atoms with Crippen LogP contribution in [0.2, 0.25) is 5.02 Å². The van der Waals surface area contributed by atoms with E-state index < -0.39 is 0 Å². The van der Waals surface area contributed by atoms with Crippen LogP contribution >= 0.6 is 11.6 Å². The van der Waals surface area contributed by atoms with Crippen molar-refractivity contribution in [1.82, 2.24) is 24.7 Å². The molecule has 0 aliphatic carbocycles. The molecule has 7 nitrogen and oxygen atoms in total. The first kappa shape index (κ1) is 21.5. The Kier molecular flexibility index (Phi) is 5.40. The van der Waals surface area contributed by atoms with Crippen LogP contribution in [-0.2, 0) is 0 Å². The first-order chi connectivity index (χ1) is 16.5.